The summed E-state index contributed by atoms with van der Waals surface area (Å²) in [6.45, 7) is 3.33. The molecule has 17 heavy (non-hydrogen) atoms. The van der Waals surface area contributed by atoms with Crippen LogP contribution >= 0.6 is 11.6 Å². The van der Waals surface area contributed by atoms with E-state index in [0.29, 0.717) is 11.1 Å². The van der Waals surface area contributed by atoms with Crippen LogP contribution in [-0.2, 0) is 0 Å². The van der Waals surface area contributed by atoms with Crippen LogP contribution in [0.5, 0.6) is 0 Å². The number of halogens is 1. The van der Waals surface area contributed by atoms with Gasteiger partial charge in [-0.05, 0) is 18.9 Å². The number of carbonyl (C=O) groups excluding carboxylic acids is 1. The van der Waals surface area contributed by atoms with E-state index in [0.717, 1.165) is 44.7 Å². The first kappa shape index (κ1) is 11.1. The van der Waals surface area contributed by atoms with Gasteiger partial charge in [0.05, 0.1) is 5.02 Å². The fourth-order valence-electron chi connectivity index (χ4n) is 2.30. The number of rotatable bonds is 2. The van der Waals surface area contributed by atoms with Crippen molar-refractivity contribution in [2.45, 2.75) is 18.9 Å². The topological polar surface area (TPSA) is 37.3 Å². The number of hydrogen-bond donors (Lipinski definition) is 1. The number of aromatic nitrogens is 1. The predicted molar refractivity (Wildman–Crippen MR) is 66.5 cm³/mol. The van der Waals surface area contributed by atoms with Gasteiger partial charge < -0.3 is 14.8 Å². The van der Waals surface area contributed by atoms with Gasteiger partial charge in [0, 0.05) is 38.4 Å². The van der Waals surface area contributed by atoms with E-state index < -0.39 is 0 Å². The third-order valence-electron chi connectivity index (χ3n) is 3.38. The predicted octanol–water partition coefficient (Wildman–Crippen LogP) is 1.52. The fourth-order valence-corrected chi connectivity index (χ4v) is 2.51. The zero-order chi connectivity index (χ0) is 11.8. The Bertz CT molecular complexity index is 433. The number of amides is 1. The fraction of sp³-hybridized carbons (Fsp3) is 0.583. The van der Waals surface area contributed by atoms with E-state index >= 15 is 0 Å². The molecule has 3 rings (SSSR count). The van der Waals surface area contributed by atoms with Crippen molar-refractivity contribution in [1.29, 1.82) is 0 Å². The van der Waals surface area contributed by atoms with E-state index in [1.165, 1.54) is 0 Å². The van der Waals surface area contributed by atoms with Gasteiger partial charge in [0.2, 0.25) is 0 Å². The van der Waals surface area contributed by atoms with Crippen LogP contribution in [0.25, 0.3) is 0 Å². The smallest absolute Gasteiger partial charge is 0.270 e. The van der Waals surface area contributed by atoms with Crippen LogP contribution in [-0.4, -0.2) is 41.6 Å². The summed E-state index contributed by atoms with van der Waals surface area (Å²) in [5, 5.41) is 3.91. The van der Waals surface area contributed by atoms with Crippen LogP contribution in [0, 0.1) is 0 Å². The molecule has 0 unspecified atom stereocenters. The summed E-state index contributed by atoms with van der Waals surface area (Å²) in [6.07, 6.45) is 4.20. The summed E-state index contributed by atoms with van der Waals surface area (Å²) in [5.41, 5.74) is 0.749. The molecule has 4 nitrogen and oxygen atoms in total. The van der Waals surface area contributed by atoms with Gasteiger partial charge in [-0.15, -0.1) is 0 Å². The van der Waals surface area contributed by atoms with Gasteiger partial charge in [0.25, 0.3) is 5.91 Å². The maximum Gasteiger partial charge on any atom is 0.270 e. The quantitative estimate of drug-likeness (QED) is 0.868. The average molecular weight is 254 g/mol. The number of piperazine rings is 1. The molecule has 1 N–H and O–H groups in total. The first-order chi connectivity index (χ1) is 8.25. The van der Waals surface area contributed by atoms with Gasteiger partial charge in [-0.25, -0.2) is 0 Å². The third-order valence-corrected chi connectivity index (χ3v) is 3.59. The zero-order valence-corrected chi connectivity index (χ0v) is 10.4. The molecule has 2 aliphatic rings. The summed E-state index contributed by atoms with van der Waals surface area (Å²) >= 11 is 6.02. The molecule has 0 bridgehead atoms. The van der Waals surface area contributed by atoms with Gasteiger partial charge in [-0.1, -0.05) is 11.6 Å². The minimum Gasteiger partial charge on any atom is -0.339 e. The van der Waals surface area contributed by atoms with Crippen molar-refractivity contribution in [3.63, 3.8) is 0 Å². The minimum atomic E-state index is 0.116. The lowest BCUT2D eigenvalue weighted by molar-refractivity contribution is 0.0724. The maximum atomic E-state index is 12.4. The molecule has 2 heterocycles. The molecule has 0 atom stereocenters. The Hall–Kier alpha value is -1.00. The van der Waals surface area contributed by atoms with Crippen molar-refractivity contribution >= 4 is 17.5 Å². The lowest BCUT2D eigenvalue weighted by Gasteiger charge is -2.27. The van der Waals surface area contributed by atoms with Crippen LogP contribution < -0.4 is 5.32 Å². The van der Waals surface area contributed by atoms with E-state index in [4.69, 9.17) is 11.6 Å². The lowest BCUT2D eigenvalue weighted by Crippen LogP contribution is -2.46. The molecule has 1 aromatic rings. The molecule has 1 aliphatic carbocycles. The van der Waals surface area contributed by atoms with Gasteiger partial charge in [-0.3, -0.25) is 4.79 Å². The van der Waals surface area contributed by atoms with Crippen LogP contribution in [0.15, 0.2) is 12.3 Å². The Balaban J connectivity index is 1.84. The van der Waals surface area contributed by atoms with Gasteiger partial charge in [-0.2, -0.15) is 0 Å². The second-order valence-electron chi connectivity index (χ2n) is 4.72. The van der Waals surface area contributed by atoms with E-state index in [-0.39, 0.29) is 5.91 Å². The monoisotopic (exact) mass is 253 g/mol. The van der Waals surface area contributed by atoms with Crippen LogP contribution in [0.1, 0.15) is 29.4 Å². The van der Waals surface area contributed by atoms with E-state index in [1.54, 1.807) is 6.07 Å². The summed E-state index contributed by atoms with van der Waals surface area (Å²) in [5.74, 6) is 0.116. The summed E-state index contributed by atoms with van der Waals surface area (Å²) < 4.78 is 2.05. The highest BCUT2D eigenvalue weighted by Gasteiger charge is 2.29. The Kier molecular flexibility index (Phi) is 2.84. The largest absolute Gasteiger partial charge is 0.339 e. The molecule has 1 amide bonds. The van der Waals surface area contributed by atoms with Crippen molar-refractivity contribution < 1.29 is 4.79 Å². The van der Waals surface area contributed by atoms with Crippen molar-refractivity contribution in [2.75, 3.05) is 26.2 Å². The maximum absolute atomic E-state index is 12.4. The normalized spacial score (nSPS) is 20.6. The van der Waals surface area contributed by atoms with Crippen molar-refractivity contribution in [1.82, 2.24) is 14.8 Å². The Labute approximate surface area is 106 Å². The summed E-state index contributed by atoms with van der Waals surface area (Å²) in [7, 11) is 0. The molecule has 2 fully saturated rings. The van der Waals surface area contributed by atoms with Gasteiger partial charge in [0.1, 0.15) is 5.69 Å². The second-order valence-corrected chi connectivity index (χ2v) is 5.16. The zero-order valence-electron chi connectivity index (χ0n) is 9.66. The number of nitrogens with one attached hydrogen (secondary N) is 1. The Morgan fingerprint density at radius 1 is 1.35 bits per heavy atom. The van der Waals surface area contributed by atoms with Gasteiger partial charge in [0.15, 0.2) is 0 Å². The molecule has 1 saturated carbocycles. The second kappa shape index (κ2) is 4.35. The molecular weight excluding hydrogens is 238 g/mol. The summed E-state index contributed by atoms with van der Waals surface area (Å²) in [4.78, 5) is 14.3. The molecule has 1 saturated heterocycles. The van der Waals surface area contributed by atoms with Crippen molar-refractivity contribution in [2.24, 2.45) is 0 Å². The van der Waals surface area contributed by atoms with E-state index in [9.17, 15) is 4.79 Å². The first-order valence-corrected chi connectivity index (χ1v) is 6.51. The highest BCUT2D eigenvalue weighted by molar-refractivity contribution is 6.31. The van der Waals surface area contributed by atoms with Crippen LogP contribution in [0.3, 0.4) is 0 Å². The lowest BCUT2D eigenvalue weighted by atomic mass is 10.3. The van der Waals surface area contributed by atoms with Crippen LogP contribution in [0.2, 0.25) is 5.02 Å². The molecule has 0 aromatic carbocycles. The van der Waals surface area contributed by atoms with Crippen molar-refractivity contribution in [3.05, 3.63) is 23.0 Å². The molecule has 1 aromatic heterocycles. The standard InChI is InChI=1S/C12H16ClN3O/c13-9-7-11(16(8-9)10-1-2-10)12(17)15-5-3-14-4-6-15/h7-8,10,14H,1-6H2. The number of nitrogens with zero attached hydrogens (tertiary/aromatic N) is 2. The molecule has 1 aliphatic heterocycles. The highest BCUT2D eigenvalue weighted by Crippen LogP contribution is 2.37. The van der Waals surface area contributed by atoms with Gasteiger partial charge >= 0.3 is 0 Å². The molecule has 0 spiro atoms. The Morgan fingerprint density at radius 3 is 2.71 bits per heavy atom. The first-order valence-electron chi connectivity index (χ1n) is 6.13. The molecular formula is C12H16ClN3O. The number of carbonyl (C=O) groups is 1. The van der Waals surface area contributed by atoms with E-state index in [2.05, 4.69) is 5.32 Å². The van der Waals surface area contributed by atoms with E-state index in [1.807, 2.05) is 15.7 Å². The SMILES string of the molecule is O=C(c1cc(Cl)cn1C1CC1)N1CCNCC1. The van der Waals surface area contributed by atoms with Crippen molar-refractivity contribution in [3.8, 4) is 0 Å². The summed E-state index contributed by atoms with van der Waals surface area (Å²) in [6, 6.07) is 2.29. The molecule has 0 radical (unpaired) electrons. The third kappa shape index (κ3) is 2.19. The molecule has 5 heteroatoms. The molecule has 92 valence electrons. The minimum absolute atomic E-state index is 0.116. The number of hydrogen-bond acceptors (Lipinski definition) is 2. The highest BCUT2D eigenvalue weighted by atomic mass is 35.5. The van der Waals surface area contributed by atoms with Crippen LogP contribution in [0.4, 0.5) is 0 Å². The average Bonchev–Trinajstić information content (AvgIpc) is 3.13. The Morgan fingerprint density at radius 2 is 2.06 bits per heavy atom.